The van der Waals surface area contributed by atoms with E-state index in [1.165, 1.54) is 13.2 Å². The van der Waals surface area contributed by atoms with Crippen LogP contribution in [0.15, 0.2) is 47.0 Å². The lowest BCUT2D eigenvalue weighted by molar-refractivity contribution is 0.0318. The van der Waals surface area contributed by atoms with Gasteiger partial charge in [0, 0.05) is 5.56 Å². The van der Waals surface area contributed by atoms with Gasteiger partial charge in [0.15, 0.2) is 17.6 Å². The average molecular weight is 437 g/mol. The van der Waals surface area contributed by atoms with Crippen molar-refractivity contribution in [1.29, 1.82) is 0 Å². The summed E-state index contributed by atoms with van der Waals surface area (Å²) in [5, 5.41) is 3.91. The summed E-state index contributed by atoms with van der Waals surface area (Å²) in [5.74, 6) is 0.646. The highest BCUT2D eigenvalue weighted by Crippen LogP contribution is 2.30. The lowest BCUT2D eigenvalue weighted by Gasteiger charge is -2.14. The third-order valence-electron chi connectivity index (χ3n) is 5.25. The number of nitrogens with zero attached hydrogens (tertiary/aromatic N) is 1. The number of benzene rings is 2. The Kier molecular flexibility index (Phi) is 7.30. The summed E-state index contributed by atoms with van der Waals surface area (Å²) in [4.78, 5) is 25.2. The van der Waals surface area contributed by atoms with Crippen LogP contribution >= 0.6 is 0 Å². The van der Waals surface area contributed by atoms with Crippen LogP contribution in [0.5, 0.6) is 11.5 Å². The maximum atomic E-state index is 12.6. The molecule has 7 nitrogen and oxygen atoms in total. The van der Waals surface area contributed by atoms with E-state index in [0.717, 1.165) is 23.2 Å². The minimum Gasteiger partial charge on any atom is -0.493 e. The summed E-state index contributed by atoms with van der Waals surface area (Å²) >= 11 is 0. The first-order valence-corrected chi connectivity index (χ1v) is 10.4. The smallest absolute Gasteiger partial charge is 0.338 e. The Morgan fingerprint density at radius 1 is 1.03 bits per heavy atom. The number of aryl methyl sites for hydroxylation is 3. The van der Waals surface area contributed by atoms with Gasteiger partial charge in [0.05, 0.1) is 23.9 Å². The van der Waals surface area contributed by atoms with Gasteiger partial charge in [-0.25, -0.2) is 4.79 Å². The van der Waals surface area contributed by atoms with Crippen LogP contribution in [0.25, 0.3) is 0 Å². The zero-order valence-electron chi connectivity index (χ0n) is 18.9. The topological polar surface area (TPSA) is 87.9 Å². The Hall–Kier alpha value is -3.61. The molecule has 0 saturated heterocycles. The second-order valence-electron chi connectivity index (χ2n) is 7.42. The van der Waals surface area contributed by atoms with E-state index in [1.807, 2.05) is 32.9 Å². The summed E-state index contributed by atoms with van der Waals surface area (Å²) in [6, 6.07) is 12.0. The fourth-order valence-electron chi connectivity index (χ4n) is 3.19. The Morgan fingerprint density at radius 2 is 1.72 bits per heavy atom. The van der Waals surface area contributed by atoms with Crippen molar-refractivity contribution in [3.63, 3.8) is 0 Å². The number of ketones is 1. The number of hydrogen-bond acceptors (Lipinski definition) is 7. The standard InChI is InChI=1S/C25H27NO6/c1-6-18-7-9-19(10-8-18)24(27)17(4)31-25(28)20-11-12-22(23(13-20)29-5)30-14-21-15(2)26-32-16(21)3/h7-13,17H,6,14H2,1-5H3/t17-/m0/s1. The summed E-state index contributed by atoms with van der Waals surface area (Å²) in [6.45, 7) is 7.51. The SMILES string of the molecule is CCc1ccc(C(=O)[C@H](C)OC(=O)c2ccc(OCc3c(C)noc3C)c(OC)c2)cc1. The molecule has 0 unspecified atom stereocenters. The molecule has 0 bridgehead atoms. The van der Waals surface area contributed by atoms with E-state index < -0.39 is 12.1 Å². The summed E-state index contributed by atoms with van der Waals surface area (Å²) < 4.78 is 21.7. The second-order valence-corrected chi connectivity index (χ2v) is 7.42. The number of Topliss-reactive ketones (excluding diaryl/α,β-unsaturated/α-hetero) is 1. The van der Waals surface area contributed by atoms with E-state index in [2.05, 4.69) is 5.16 Å². The van der Waals surface area contributed by atoms with Crippen LogP contribution < -0.4 is 9.47 Å². The van der Waals surface area contributed by atoms with Crippen LogP contribution in [-0.4, -0.2) is 30.1 Å². The van der Waals surface area contributed by atoms with E-state index in [4.69, 9.17) is 18.7 Å². The molecule has 3 aromatic rings. The molecule has 1 heterocycles. The molecular formula is C25H27NO6. The number of methoxy groups -OCH3 is 1. The third-order valence-corrected chi connectivity index (χ3v) is 5.25. The normalized spacial score (nSPS) is 11.7. The predicted molar refractivity (Wildman–Crippen MR) is 118 cm³/mol. The van der Waals surface area contributed by atoms with Gasteiger partial charge in [-0.05, 0) is 51.0 Å². The Labute approximate surface area is 187 Å². The zero-order valence-corrected chi connectivity index (χ0v) is 18.9. The molecule has 168 valence electrons. The van der Waals surface area contributed by atoms with Gasteiger partial charge >= 0.3 is 5.97 Å². The minimum atomic E-state index is -0.920. The van der Waals surface area contributed by atoms with Gasteiger partial charge in [0.25, 0.3) is 0 Å². The molecule has 0 N–H and O–H groups in total. The van der Waals surface area contributed by atoms with Crippen LogP contribution in [-0.2, 0) is 17.8 Å². The molecule has 0 aliphatic rings. The molecule has 32 heavy (non-hydrogen) atoms. The summed E-state index contributed by atoms with van der Waals surface area (Å²) in [5.41, 5.74) is 3.50. The van der Waals surface area contributed by atoms with Crippen LogP contribution in [0, 0.1) is 13.8 Å². The first-order valence-electron chi connectivity index (χ1n) is 10.4. The molecule has 3 rings (SSSR count). The van der Waals surface area contributed by atoms with Gasteiger partial charge in [-0.1, -0.05) is 36.3 Å². The quantitative estimate of drug-likeness (QED) is 0.349. The van der Waals surface area contributed by atoms with Gasteiger partial charge in [-0.15, -0.1) is 0 Å². The number of ether oxygens (including phenoxy) is 3. The van der Waals surface area contributed by atoms with Crippen LogP contribution in [0.3, 0.4) is 0 Å². The lowest BCUT2D eigenvalue weighted by atomic mass is 10.0. The van der Waals surface area contributed by atoms with E-state index >= 15 is 0 Å². The molecular weight excluding hydrogens is 410 g/mol. The largest absolute Gasteiger partial charge is 0.493 e. The van der Waals surface area contributed by atoms with Crippen LogP contribution in [0.4, 0.5) is 0 Å². The number of aromatic nitrogens is 1. The number of hydrogen-bond donors (Lipinski definition) is 0. The zero-order chi connectivity index (χ0) is 23.3. The number of rotatable bonds is 9. The van der Waals surface area contributed by atoms with Gasteiger partial charge in [-0.2, -0.15) is 0 Å². The van der Waals surface area contributed by atoms with E-state index in [-0.39, 0.29) is 18.0 Å². The van der Waals surface area contributed by atoms with Gasteiger partial charge in [-0.3, -0.25) is 4.79 Å². The fraction of sp³-hybridized carbons (Fsp3) is 0.320. The van der Waals surface area contributed by atoms with Gasteiger partial charge in [0.1, 0.15) is 12.4 Å². The van der Waals surface area contributed by atoms with Crippen molar-refractivity contribution in [2.75, 3.05) is 7.11 Å². The van der Waals surface area contributed by atoms with Crippen molar-refractivity contribution in [3.05, 3.63) is 76.2 Å². The number of carbonyl (C=O) groups excluding carboxylic acids is 2. The maximum Gasteiger partial charge on any atom is 0.338 e. The highest BCUT2D eigenvalue weighted by Gasteiger charge is 2.21. The Balaban J connectivity index is 1.67. The summed E-state index contributed by atoms with van der Waals surface area (Å²) in [7, 11) is 1.49. The van der Waals surface area contributed by atoms with Crippen LogP contribution in [0.1, 0.15) is 57.1 Å². The molecule has 1 aromatic heterocycles. The number of carbonyl (C=O) groups is 2. The van der Waals surface area contributed by atoms with Crippen molar-refractivity contribution in [1.82, 2.24) is 5.16 Å². The van der Waals surface area contributed by atoms with E-state index in [1.54, 1.807) is 31.2 Å². The molecule has 1 atom stereocenters. The van der Waals surface area contributed by atoms with E-state index in [0.29, 0.717) is 22.8 Å². The highest BCUT2D eigenvalue weighted by atomic mass is 16.5. The summed E-state index contributed by atoms with van der Waals surface area (Å²) in [6.07, 6.45) is -0.0323. The van der Waals surface area contributed by atoms with Crippen molar-refractivity contribution in [2.24, 2.45) is 0 Å². The van der Waals surface area contributed by atoms with Crippen molar-refractivity contribution in [2.45, 2.75) is 46.8 Å². The maximum absolute atomic E-state index is 12.6. The monoisotopic (exact) mass is 437 g/mol. The van der Waals surface area contributed by atoms with Gasteiger partial charge in [0.2, 0.25) is 5.78 Å². The number of esters is 1. The first kappa shape index (κ1) is 23.1. The molecule has 0 fully saturated rings. The highest BCUT2D eigenvalue weighted by molar-refractivity contribution is 6.01. The molecule has 0 radical (unpaired) electrons. The molecule has 0 amide bonds. The van der Waals surface area contributed by atoms with Crippen molar-refractivity contribution >= 4 is 11.8 Å². The van der Waals surface area contributed by atoms with E-state index in [9.17, 15) is 9.59 Å². The fourth-order valence-corrected chi connectivity index (χ4v) is 3.19. The minimum absolute atomic E-state index is 0.254. The molecule has 2 aromatic carbocycles. The Morgan fingerprint density at radius 3 is 2.31 bits per heavy atom. The lowest BCUT2D eigenvalue weighted by Crippen LogP contribution is -2.24. The predicted octanol–water partition coefficient (Wildman–Crippen LogP) is 4.87. The Bertz CT molecular complexity index is 1080. The molecule has 7 heteroatoms. The molecule has 0 saturated carbocycles. The second kappa shape index (κ2) is 10.1. The molecule has 0 aliphatic carbocycles. The van der Waals surface area contributed by atoms with Gasteiger partial charge < -0.3 is 18.7 Å². The first-order chi connectivity index (χ1) is 15.3. The third kappa shape index (κ3) is 5.17. The van der Waals surface area contributed by atoms with Crippen molar-refractivity contribution in [3.8, 4) is 11.5 Å². The average Bonchev–Trinajstić information content (AvgIpc) is 3.13. The van der Waals surface area contributed by atoms with Crippen molar-refractivity contribution < 1.29 is 28.3 Å². The molecule has 0 aliphatic heterocycles. The van der Waals surface area contributed by atoms with Crippen LogP contribution in [0.2, 0.25) is 0 Å². The molecule has 0 spiro atoms.